The maximum Gasteiger partial charge on any atom is 0.350 e. The largest absolute Gasteiger partial charge is 0.543 e. The van der Waals surface area contributed by atoms with Crippen molar-refractivity contribution in [3.05, 3.63) is 47.7 Å². The number of carboxylic acids is 2. The smallest absolute Gasteiger partial charge is 0.350 e. The van der Waals surface area contributed by atoms with Crippen LogP contribution in [0.25, 0.3) is 0 Å². The van der Waals surface area contributed by atoms with Gasteiger partial charge in [0.15, 0.2) is 24.1 Å². The van der Waals surface area contributed by atoms with Gasteiger partial charge in [0.1, 0.15) is 11.4 Å². The fourth-order valence-corrected chi connectivity index (χ4v) is 5.25. The second-order valence-electron chi connectivity index (χ2n) is 8.45. The molecular formula is C21H21N7O7S2. The zero-order valence-electron chi connectivity index (χ0n) is 19.5. The van der Waals surface area contributed by atoms with E-state index in [1.54, 1.807) is 29.1 Å². The van der Waals surface area contributed by atoms with Gasteiger partial charge in [-0.3, -0.25) is 14.5 Å². The number of carbonyl (C=O) groups is 4. The molecule has 0 saturated carbocycles. The van der Waals surface area contributed by atoms with E-state index in [2.05, 4.69) is 19.8 Å². The minimum absolute atomic E-state index is 0.0225. The van der Waals surface area contributed by atoms with Gasteiger partial charge in [0, 0.05) is 35.0 Å². The summed E-state index contributed by atoms with van der Waals surface area (Å²) in [5.41, 5.74) is 3.58. The topological polar surface area (TPSA) is 204 Å². The maximum absolute atomic E-state index is 13.1. The number of aromatic nitrogens is 3. The van der Waals surface area contributed by atoms with Crippen molar-refractivity contribution in [3.63, 3.8) is 0 Å². The minimum Gasteiger partial charge on any atom is -0.543 e. The molecule has 2 aliphatic heterocycles. The first-order chi connectivity index (χ1) is 17.5. The van der Waals surface area contributed by atoms with Crippen LogP contribution in [-0.4, -0.2) is 71.6 Å². The predicted molar refractivity (Wildman–Crippen MR) is 127 cm³/mol. The number of fused-ring (bicyclic) bond motifs is 1. The number of thioether (sulfide) groups is 1. The van der Waals surface area contributed by atoms with E-state index >= 15 is 0 Å². The van der Waals surface area contributed by atoms with E-state index < -0.39 is 46.5 Å². The van der Waals surface area contributed by atoms with Crippen LogP contribution in [0.2, 0.25) is 0 Å². The van der Waals surface area contributed by atoms with Crippen molar-refractivity contribution in [2.75, 3.05) is 11.5 Å². The SMILES string of the molecule is CC(C)(O/N=C(\C(=O)N[C@@H]1C(=O)N2C(C(=O)[O-])=C(C[n+]3ccccc3)CS[C@H]12)c1nsc(N)n1)C(=O)O. The number of aliphatic carboxylic acids is 2. The molecule has 2 atom stereocenters. The highest BCUT2D eigenvalue weighted by atomic mass is 32.2. The summed E-state index contributed by atoms with van der Waals surface area (Å²) in [6.07, 6.45) is 3.54. The van der Waals surface area contributed by atoms with Crippen LogP contribution in [-0.2, 0) is 30.6 Å². The quantitative estimate of drug-likeness (QED) is 0.137. The lowest BCUT2D eigenvalue weighted by Gasteiger charge is -2.50. The van der Waals surface area contributed by atoms with E-state index in [4.69, 9.17) is 10.6 Å². The number of β-lactam (4-membered cyclic amide) rings is 1. The number of pyridine rings is 1. The third-order valence-electron chi connectivity index (χ3n) is 5.43. The van der Waals surface area contributed by atoms with Crippen molar-refractivity contribution in [1.29, 1.82) is 0 Å². The van der Waals surface area contributed by atoms with E-state index in [-0.39, 0.29) is 29.0 Å². The molecule has 0 aromatic carbocycles. The number of anilines is 1. The standard InChI is InChI=1S/C21H21N7O7S2/c1-21(2,19(33)34)35-25-11(14-24-20(22)37-26-14)15(29)23-12-16(30)28-13(18(31)32)10(9-36-17(12)28)8-27-6-4-3-5-7-27/h3-7,12,17H,8-9H2,1-2H3,(H4-,22,23,24,26,29,31,32,33,34)/b25-11-/t12-,17-/m1/s1. The highest BCUT2D eigenvalue weighted by Crippen LogP contribution is 2.40. The Hall–Kier alpha value is -4.05. The molecule has 37 heavy (non-hydrogen) atoms. The van der Waals surface area contributed by atoms with Crippen LogP contribution in [0, 0.1) is 0 Å². The molecule has 2 aromatic heterocycles. The van der Waals surface area contributed by atoms with Crippen LogP contribution in [0.1, 0.15) is 19.7 Å². The average Bonchev–Trinajstić information content (AvgIpc) is 3.28. The Morgan fingerprint density at radius 1 is 1.35 bits per heavy atom. The fourth-order valence-electron chi connectivity index (χ4n) is 3.48. The van der Waals surface area contributed by atoms with Gasteiger partial charge in [0.2, 0.25) is 17.1 Å². The van der Waals surface area contributed by atoms with E-state index in [1.165, 1.54) is 25.6 Å². The Labute approximate surface area is 218 Å². The zero-order valence-corrected chi connectivity index (χ0v) is 21.1. The van der Waals surface area contributed by atoms with Crippen molar-refractivity contribution in [2.45, 2.75) is 37.4 Å². The monoisotopic (exact) mass is 547 g/mol. The van der Waals surface area contributed by atoms with E-state index in [0.29, 0.717) is 5.57 Å². The van der Waals surface area contributed by atoms with Crippen LogP contribution >= 0.6 is 23.3 Å². The Balaban J connectivity index is 1.55. The highest BCUT2D eigenvalue weighted by Gasteiger charge is 2.53. The summed E-state index contributed by atoms with van der Waals surface area (Å²) in [7, 11) is 0. The van der Waals surface area contributed by atoms with Gasteiger partial charge in [-0.1, -0.05) is 11.2 Å². The molecular weight excluding hydrogens is 526 g/mol. The van der Waals surface area contributed by atoms with Crippen molar-refractivity contribution in [3.8, 4) is 0 Å². The first-order valence-corrected chi connectivity index (χ1v) is 12.5. The number of amides is 2. The minimum atomic E-state index is -1.78. The Kier molecular flexibility index (Phi) is 7.13. The molecule has 0 bridgehead atoms. The van der Waals surface area contributed by atoms with Crippen LogP contribution < -0.4 is 20.7 Å². The number of carbonyl (C=O) groups excluding carboxylic acids is 3. The van der Waals surface area contributed by atoms with Crippen molar-refractivity contribution >= 4 is 57.9 Å². The number of nitrogen functional groups attached to an aromatic ring is 1. The molecule has 2 aliphatic rings. The summed E-state index contributed by atoms with van der Waals surface area (Å²) < 4.78 is 5.68. The molecule has 16 heteroatoms. The second-order valence-corrected chi connectivity index (χ2v) is 10.3. The molecule has 2 aromatic rings. The molecule has 0 radical (unpaired) electrons. The van der Waals surface area contributed by atoms with Crippen molar-refractivity contribution < 1.29 is 38.8 Å². The highest BCUT2D eigenvalue weighted by molar-refractivity contribution is 8.00. The summed E-state index contributed by atoms with van der Waals surface area (Å²) in [6.45, 7) is 2.69. The van der Waals surface area contributed by atoms with Gasteiger partial charge in [-0.05, 0) is 13.8 Å². The lowest BCUT2D eigenvalue weighted by Crippen LogP contribution is -2.71. The van der Waals surface area contributed by atoms with Crippen molar-refractivity contribution in [2.24, 2.45) is 5.16 Å². The third kappa shape index (κ3) is 5.24. The van der Waals surface area contributed by atoms with Crippen LogP contribution in [0.5, 0.6) is 0 Å². The normalized spacial score (nSPS) is 19.7. The van der Waals surface area contributed by atoms with Crippen LogP contribution in [0.4, 0.5) is 5.13 Å². The zero-order chi connectivity index (χ0) is 26.9. The van der Waals surface area contributed by atoms with Crippen LogP contribution in [0.3, 0.4) is 0 Å². The molecule has 4 rings (SSSR count). The first-order valence-electron chi connectivity index (χ1n) is 10.7. The number of hydrogen-bond donors (Lipinski definition) is 3. The van der Waals surface area contributed by atoms with Gasteiger partial charge in [-0.15, -0.1) is 11.8 Å². The summed E-state index contributed by atoms with van der Waals surface area (Å²) >= 11 is 2.05. The fraction of sp³-hybridized carbons (Fsp3) is 0.333. The molecule has 0 aliphatic carbocycles. The Bertz CT molecular complexity index is 1330. The van der Waals surface area contributed by atoms with Gasteiger partial charge < -0.3 is 30.9 Å². The molecule has 4 heterocycles. The molecule has 194 valence electrons. The van der Waals surface area contributed by atoms with E-state index in [1.807, 2.05) is 6.07 Å². The number of hydrogen-bond acceptors (Lipinski definition) is 12. The summed E-state index contributed by atoms with van der Waals surface area (Å²) in [4.78, 5) is 59.4. The molecule has 2 amide bonds. The number of nitrogens with one attached hydrogen (secondary N) is 1. The molecule has 0 spiro atoms. The third-order valence-corrected chi connectivity index (χ3v) is 7.31. The summed E-state index contributed by atoms with van der Waals surface area (Å²) in [5.74, 6) is -4.36. The van der Waals surface area contributed by atoms with Crippen LogP contribution in [0.15, 0.2) is 47.0 Å². The number of oxime groups is 1. The summed E-state index contributed by atoms with van der Waals surface area (Å²) in [6, 6.07) is 4.32. The van der Waals surface area contributed by atoms with Gasteiger partial charge in [0.25, 0.3) is 11.8 Å². The van der Waals surface area contributed by atoms with Gasteiger partial charge >= 0.3 is 5.97 Å². The van der Waals surface area contributed by atoms with E-state index in [9.17, 15) is 29.4 Å². The predicted octanol–water partition coefficient (Wildman–Crippen LogP) is -1.90. The molecule has 1 fully saturated rings. The first kappa shape index (κ1) is 26.0. The molecule has 1 saturated heterocycles. The Morgan fingerprint density at radius 3 is 2.65 bits per heavy atom. The lowest BCUT2D eigenvalue weighted by atomic mass is 10.0. The van der Waals surface area contributed by atoms with Gasteiger partial charge in [-0.25, -0.2) is 9.36 Å². The van der Waals surface area contributed by atoms with Crippen molar-refractivity contribution in [1.82, 2.24) is 19.6 Å². The Morgan fingerprint density at radius 2 is 2.05 bits per heavy atom. The molecule has 0 unspecified atom stereocenters. The number of nitrogens with zero attached hydrogens (tertiary/aromatic N) is 5. The summed E-state index contributed by atoms with van der Waals surface area (Å²) in [5, 5.41) is 26.7. The molecule has 4 N–H and O–H groups in total. The number of nitrogens with two attached hydrogens (primary N) is 1. The average molecular weight is 548 g/mol. The van der Waals surface area contributed by atoms with Gasteiger partial charge in [-0.2, -0.15) is 9.36 Å². The number of rotatable bonds is 9. The number of carboxylic acid groups (broad SMARTS) is 2. The second kappa shape index (κ2) is 10.1. The lowest BCUT2D eigenvalue weighted by molar-refractivity contribution is -0.689. The van der Waals surface area contributed by atoms with E-state index in [0.717, 1.165) is 16.4 Å². The maximum atomic E-state index is 13.1. The van der Waals surface area contributed by atoms with Gasteiger partial charge in [0.05, 0.1) is 11.7 Å². The molecule has 14 nitrogen and oxygen atoms in total.